The Morgan fingerprint density at radius 3 is 2.36 bits per heavy atom. The standard InChI is InChI=1S/C31H35ClN2O5/c1-37-28-15-12-24(18-29(28)38-2)19-30(35)34(21-23-10-13-25(32)14-11-23)27(17-22-7-4-3-5-8-22)31(36)33-20-26-9-6-16-39-26/h3-5,7-8,10-15,18,26-27H,6,9,16-17,19-21H2,1-2H3,(H,33,36)/t26-,27-/m0/s1. The summed E-state index contributed by atoms with van der Waals surface area (Å²) < 4.78 is 16.5. The largest absolute Gasteiger partial charge is 0.493 e. The summed E-state index contributed by atoms with van der Waals surface area (Å²) in [5.74, 6) is 0.749. The Hall–Kier alpha value is -3.55. The lowest BCUT2D eigenvalue weighted by Gasteiger charge is -2.32. The van der Waals surface area contributed by atoms with Gasteiger partial charge in [0.05, 0.1) is 26.7 Å². The second-order valence-corrected chi connectivity index (χ2v) is 10.0. The summed E-state index contributed by atoms with van der Waals surface area (Å²) in [4.78, 5) is 29.3. The number of nitrogens with one attached hydrogen (secondary N) is 1. The van der Waals surface area contributed by atoms with Crippen molar-refractivity contribution in [1.82, 2.24) is 10.2 Å². The zero-order valence-corrected chi connectivity index (χ0v) is 23.2. The van der Waals surface area contributed by atoms with Crippen LogP contribution < -0.4 is 14.8 Å². The lowest BCUT2D eigenvalue weighted by molar-refractivity contribution is -0.141. The Bertz CT molecular complexity index is 1230. The van der Waals surface area contributed by atoms with Crippen molar-refractivity contribution in [1.29, 1.82) is 0 Å². The summed E-state index contributed by atoms with van der Waals surface area (Å²) >= 11 is 6.12. The molecule has 0 saturated carbocycles. The summed E-state index contributed by atoms with van der Waals surface area (Å²) in [7, 11) is 3.13. The van der Waals surface area contributed by atoms with Crippen LogP contribution in [0.5, 0.6) is 11.5 Å². The smallest absolute Gasteiger partial charge is 0.243 e. The summed E-state index contributed by atoms with van der Waals surface area (Å²) in [6.45, 7) is 1.39. The van der Waals surface area contributed by atoms with Gasteiger partial charge >= 0.3 is 0 Å². The summed E-state index contributed by atoms with van der Waals surface area (Å²) in [5, 5.41) is 3.67. The van der Waals surface area contributed by atoms with Crippen molar-refractivity contribution in [3.8, 4) is 11.5 Å². The normalized spacial score (nSPS) is 15.4. The molecule has 0 bridgehead atoms. The Labute approximate surface area is 235 Å². The van der Waals surface area contributed by atoms with Gasteiger partial charge in [-0.25, -0.2) is 0 Å². The molecule has 0 unspecified atom stereocenters. The van der Waals surface area contributed by atoms with Crippen LogP contribution in [0, 0.1) is 0 Å². The van der Waals surface area contributed by atoms with Crippen molar-refractivity contribution in [3.63, 3.8) is 0 Å². The van der Waals surface area contributed by atoms with E-state index in [1.165, 1.54) is 0 Å². The minimum Gasteiger partial charge on any atom is -0.493 e. The first-order chi connectivity index (χ1) is 19.0. The van der Waals surface area contributed by atoms with Crippen LogP contribution in [0.15, 0.2) is 72.8 Å². The molecule has 0 aromatic heterocycles. The number of halogens is 1. The van der Waals surface area contributed by atoms with Crippen molar-refractivity contribution in [2.75, 3.05) is 27.4 Å². The maximum atomic E-state index is 14.0. The van der Waals surface area contributed by atoms with Gasteiger partial charge in [-0.1, -0.05) is 60.1 Å². The highest BCUT2D eigenvalue weighted by Gasteiger charge is 2.31. The van der Waals surface area contributed by atoms with Gasteiger partial charge in [0.15, 0.2) is 11.5 Å². The van der Waals surface area contributed by atoms with E-state index in [4.69, 9.17) is 25.8 Å². The third-order valence-corrected chi connectivity index (χ3v) is 7.12. The van der Waals surface area contributed by atoms with Crippen molar-refractivity contribution >= 4 is 23.4 Å². The lowest BCUT2D eigenvalue weighted by atomic mass is 10.0. The fourth-order valence-corrected chi connectivity index (χ4v) is 4.87. The molecule has 0 aliphatic carbocycles. The topological polar surface area (TPSA) is 77.1 Å². The number of benzene rings is 3. The average molecular weight is 551 g/mol. The van der Waals surface area contributed by atoms with Crippen molar-refractivity contribution < 1.29 is 23.8 Å². The summed E-state index contributed by atoms with van der Waals surface area (Å²) in [5.41, 5.74) is 2.61. The molecule has 4 rings (SSSR count). The fraction of sp³-hybridized carbons (Fsp3) is 0.355. The predicted octanol–water partition coefficient (Wildman–Crippen LogP) is 4.84. The molecule has 3 aromatic rings. The summed E-state index contributed by atoms with van der Waals surface area (Å²) in [6, 6.07) is 21.8. The van der Waals surface area contributed by atoms with Gasteiger partial charge in [0.25, 0.3) is 0 Å². The molecule has 8 heteroatoms. The minimum atomic E-state index is -0.725. The molecule has 206 valence electrons. The van der Waals surface area contributed by atoms with Crippen molar-refractivity contribution in [2.45, 2.75) is 44.4 Å². The van der Waals surface area contributed by atoms with Gasteiger partial charge in [-0.3, -0.25) is 9.59 Å². The van der Waals surface area contributed by atoms with Gasteiger partial charge in [-0.05, 0) is 53.8 Å². The van der Waals surface area contributed by atoms with Crippen LogP contribution in [-0.2, 0) is 33.7 Å². The Morgan fingerprint density at radius 2 is 1.69 bits per heavy atom. The third-order valence-electron chi connectivity index (χ3n) is 6.87. The van der Waals surface area contributed by atoms with Gasteiger partial charge in [-0.2, -0.15) is 0 Å². The van der Waals surface area contributed by atoms with Crippen molar-refractivity contribution in [2.24, 2.45) is 0 Å². The van der Waals surface area contributed by atoms with E-state index >= 15 is 0 Å². The van der Waals surface area contributed by atoms with Crippen LogP contribution >= 0.6 is 11.6 Å². The monoisotopic (exact) mass is 550 g/mol. The SMILES string of the molecule is COc1ccc(CC(=O)N(Cc2ccc(Cl)cc2)[C@@H](Cc2ccccc2)C(=O)NC[C@@H]2CCCO2)cc1OC. The zero-order valence-electron chi connectivity index (χ0n) is 22.4. The van der Waals surface area contributed by atoms with E-state index < -0.39 is 6.04 Å². The van der Waals surface area contributed by atoms with Crippen LogP contribution in [0.3, 0.4) is 0 Å². The molecule has 1 aliphatic rings. The second kappa shape index (κ2) is 14.0. The Kier molecular flexibility index (Phi) is 10.2. The maximum absolute atomic E-state index is 14.0. The molecule has 0 radical (unpaired) electrons. The molecular formula is C31H35ClN2O5. The first-order valence-electron chi connectivity index (χ1n) is 13.1. The molecule has 1 saturated heterocycles. The van der Waals surface area contributed by atoms with Gasteiger partial charge in [0, 0.05) is 31.1 Å². The molecule has 7 nitrogen and oxygen atoms in total. The third kappa shape index (κ3) is 7.97. The van der Waals surface area contributed by atoms with E-state index in [0.717, 1.165) is 29.5 Å². The van der Waals surface area contributed by atoms with E-state index in [-0.39, 0.29) is 30.9 Å². The average Bonchev–Trinajstić information content (AvgIpc) is 3.49. The van der Waals surface area contributed by atoms with Crippen molar-refractivity contribution in [3.05, 3.63) is 94.5 Å². The van der Waals surface area contributed by atoms with E-state index in [0.29, 0.717) is 36.1 Å². The molecule has 1 aliphatic heterocycles. The number of ether oxygens (including phenoxy) is 3. The molecule has 39 heavy (non-hydrogen) atoms. The number of carbonyl (C=O) groups is 2. The number of methoxy groups -OCH3 is 2. The zero-order chi connectivity index (χ0) is 27.6. The van der Waals surface area contributed by atoms with E-state index in [1.54, 1.807) is 43.4 Å². The number of nitrogens with zero attached hydrogens (tertiary/aromatic N) is 1. The number of carbonyl (C=O) groups excluding carboxylic acids is 2. The van der Waals surface area contributed by atoms with Crippen LogP contribution in [0.25, 0.3) is 0 Å². The molecular weight excluding hydrogens is 516 g/mol. The highest BCUT2D eigenvalue weighted by atomic mass is 35.5. The molecule has 0 spiro atoms. The second-order valence-electron chi connectivity index (χ2n) is 9.60. The van der Waals surface area contributed by atoms with Crippen LogP contribution in [0.1, 0.15) is 29.5 Å². The van der Waals surface area contributed by atoms with E-state index in [2.05, 4.69) is 5.32 Å². The predicted molar refractivity (Wildman–Crippen MR) is 151 cm³/mol. The molecule has 1 fully saturated rings. The first-order valence-corrected chi connectivity index (χ1v) is 13.5. The maximum Gasteiger partial charge on any atom is 0.243 e. The molecule has 1 N–H and O–H groups in total. The molecule has 1 heterocycles. The lowest BCUT2D eigenvalue weighted by Crippen LogP contribution is -2.52. The van der Waals surface area contributed by atoms with Gasteiger partial charge in [0.1, 0.15) is 6.04 Å². The minimum absolute atomic E-state index is 0.00138. The summed E-state index contributed by atoms with van der Waals surface area (Å²) in [6.07, 6.45) is 2.37. The Balaban J connectivity index is 1.63. The quantitative estimate of drug-likeness (QED) is 0.349. The fourth-order valence-electron chi connectivity index (χ4n) is 4.74. The molecule has 2 amide bonds. The first kappa shape index (κ1) is 28.5. The number of hydrogen-bond acceptors (Lipinski definition) is 5. The van der Waals surface area contributed by atoms with E-state index in [9.17, 15) is 9.59 Å². The number of hydrogen-bond donors (Lipinski definition) is 1. The van der Waals surface area contributed by atoms with Gasteiger partial charge < -0.3 is 24.4 Å². The van der Waals surface area contributed by atoms with Crippen LogP contribution in [-0.4, -0.2) is 56.2 Å². The van der Waals surface area contributed by atoms with E-state index in [1.807, 2.05) is 48.5 Å². The molecule has 2 atom stereocenters. The highest BCUT2D eigenvalue weighted by molar-refractivity contribution is 6.30. The van der Waals surface area contributed by atoms with Crippen LogP contribution in [0.4, 0.5) is 0 Å². The number of rotatable bonds is 12. The highest BCUT2D eigenvalue weighted by Crippen LogP contribution is 2.28. The van der Waals surface area contributed by atoms with Gasteiger partial charge in [-0.15, -0.1) is 0 Å². The molecule has 3 aromatic carbocycles. The Morgan fingerprint density at radius 1 is 0.974 bits per heavy atom. The number of amides is 2. The van der Waals surface area contributed by atoms with Crippen LogP contribution in [0.2, 0.25) is 5.02 Å². The van der Waals surface area contributed by atoms with Gasteiger partial charge in [0.2, 0.25) is 11.8 Å².